The van der Waals surface area contributed by atoms with Crippen LogP contribution in [0.15, 0.2) is 41.5 Å². The van der Waals surface area contributed by atoms with Gasteiger partial charge in [0.05, 0.1) is 19.4 Å². The van der Waals surface area contributed by atoms with Crippen molar-refractivity contribution >= 4 is 28.5 Å². The predicted molar refractivity (Wildman–Crippen MR) is 103 cm³/mol. The number of amides is 1. The lowest BCUT2D eigenvalue weighted by molar-refractivity contribution is 0.102. The number of aliphatic imine (C=N–C) groups is 1. The standard InChI is InChI=1S/C19H18F2N4O2S/c1-18-8-27-9-19(18,25-17(22)28-10-18)13-6-12(3-4-14(13)21)24-16(26)15-5-2-11(20)7-23-15/h2-7H,8-10H2,1H3,(H2,22,25)(H,24,26)/t18-,19+/m0/s1. The number of benzene rings is 1. The number of ether oxygens (including phenoxy) is 1. The minimum Gasteiger partial charge on any atom is -0.379 e. The molecule has 3 heterocycles. The number of fused-ring (bicyclic) bond motifs is 1. The molecule has 2 atom stereocenters. The highest BCUT2D eigenvalue weighted by atomic mass is 32.2. The molecule has 1 aromatic heterocycles. The van der Waals surface area contributed by atoms with Gasteiger partial charge in [-0.1, -0.05) is 18.7 Å². The average molecular weight is 404 g/mol. The number of nitrogens with zero attached hydrogens (tertiary/aromatic N) is 2. The van der Waals surface area contributed by atoms with Crippen LogP contribution in [0.4, 0.5) is 14.5 Å². The van der Waals surface area contributed by atoms with Gasteiger partial charge in [-0.05, 0) is 30.3 Å². The van der Waals surface area contributed by atoms with Crippen molar-refractivity contribution < 1.29 is 18.3 Å². The van der Waals surface area contributed by atoms with Crippen molar-refractivity contribution in [2.24, 2.45) is 16.1 Å². The Bertz CT molecular complexity index is 969. The molecule has 1 saturated heterocycles. The third-order valence-corrected chi connectivity index (χ3v) is 6.37. The number of nitrogens with two attached hydrogens (primary N) is 1. The highest BCUT2D eigenvalue weighted by molar-refractivity contribution is 8.13. The summed E-state index contributed by atoms with van der Waals surface area (Å²) < 4.78 is 33.5. The van der Waals surface area contributed by atoms with Gasteiger partial charge in [0.2, 0.25) is 0 Å². The van der Waals surface area contributed by atoms with Crippen LogP contribution in [0.2, 0.25) is 0 Å². The zero-order valence-electron chi connectivity index (χ0n) is 15.0. The number of carbonyl (C=O) groups excluding carboxylic acids is 1. The summed E-state index contributed by atoms with van der Waals surface area (Å²) >= 11 is 1.42. The number of hydrogen-bond acceptors (Lipinski definition) is 6. The van der Waals surface area contributed by atoms with Gasteiger partial charge >= 0.3 is 0 Å². The Kier molecular flexibility index (Phi) is 4.59. The lowest BCUT2D eigenvalue weighted by Gasteiger charge is -2.42. The van der Waals surface area contributed by atoms with Crippen LogP contribution in [0.3, 0.4) is 0 Å². The monoisotopic (exact) mass is 404 g/mol. The molecular formula is C19H18F2N4O2S. The maximum Gasteiger partial charge on any atom is 0.274 e. The van der Waals surface area contributed by atoms with Gasteiger partial charge in [0, 0.05) is 22.4 Å². The first-order valence-electron chi connectivity index (χ1n) is 8.62. The molecule has 1 aromatic carbocycles. The van der Waals surface area contributed by atoms with E-state index in [4.69, 9.17) is 10.5 Å². The molecule has 1 fully saturated rings. The topological polar surface area (TPSA) is 89.6 Å². The summed E-state index contributed by atoms with van der Waals surface area (Å²) in [5.74, 6) is -0.857. The summed E-state index contributed by atoms with van der Waals surface area (Å²) in [6.45, 7) is 2.64. The zero-order chi connectivity index (χ0) is 19.9. The van der Waals surface area contributed by atoms with E-state index in [1.54, 1.807) is 6.07 Å². The molecule has 2 aliphatic heterocycles. The van der Waals surface area contributed by atoms with E-state index in [0.717, 1.165) is 12.3 Å². The number of nitrogens with one attached hydrogen (secondary N) is 1. The minimum absolute atomic E-state index is 0.0517. The van der Waals surface area contributed by atoms with Gasteiger partial charge in [0.25, 0.3) is 5.91 Å². The maximum absolute atomic E-state index is 14.8. The molecular weight excluding hydrogens is 386 g/mol. The summed E-state index contributed by atoms with van der Waals surface area (Å²) in [4.78, 5) is 20.7. The molecule has 0 unspecified atom stereocenters. The molecule has 0 bridgehead atoms. The molecule has 0 saturated carbocycles. The number of rotatable bonds is 3. The SMILES string of the molecule is C[C@@]12COC[C@]1(c1cc(NC(=O)c3ccc(F)cn3)ccc1F)N=C(N)SC2. The van der Waals surface area contributed by atoms with Crippen LogP contribution in [0.25, 0.3) is 0 Å². The summed E-state index contributed by atoms with van der Waals surface area (Å²) in [7, 11) is 0. The number of aromatic nitrogens is 1. The van der Waals surface area contributed by atoms with E-state index in [1.165, 1.54) is 30.0 Å². The molecule has 2 aromatic rings. The highest BCUT2D eigenvalue weighted by Crippen LogP contribution is 2.53. The Morgan fingerprint density at radius 1 is 1.29 bits per heavy atom. The average Bonchev–Trinajstić information content (AvgIpc) is 3.01. The smallest absolute Gasteiger partial charge is 0.274 e. The second-order valence-corrected chi connectivity index (χ2v) is 8.16. The fourth-order valence-electron chi connectivity index (χ4n) is 3.59. The van der Waals surface area contributed by atoms with E-state index in [9.17, 15) is 13.6 Å². The predicted octanol–water partition coefficient (Wildman–Crippen LogP) is 2.91. The van der Waals surface area contributed by atoms with E-state index in [-0.39, 0.29) is 12.3 Å². The van der Waals surface area contributed by atoms with Crippen LogP contribution in [-0.2, 0) is 10.3 Å². The van der Waals surface area contributed by atoms with Crippen molar-refractivity contribution in [3.63, 3.8) is 0 Å². The lowest BCUT2D eigenvalue weighted by atomic mass is 9.70. The fraction of sp³-hybridized carbons (Fsp3) is 0.316. The molecule has 0 radical (unpaired) electrons. The second-order valence-electron chi connectivity index (χ2n) is 7.16. The third kappa shape index (κ3) is 3.04. The van der Waals surface area contributed by atoms with Crippen LogP contribution < -0.4 is 11.1 Å². The van der Waals surface area contributed by atoms with E-state index in [1.807, 2.05) is 6.92 Å². The molecule has 146 valence electrons. The Hall–Kier alpha value is -2.52. The van der Waals surface area contributed by atoms with Crippen molar-refractivity contribution in [1.29, 1.82) is 0 Å². The first kappa shape index (κ1) is 18.8. The molecule has 9 heteroatoms. The summed E-state index contributed by atoms with van der Waals surface area (Å²) in [5.41, 5.74) is 5.32. The Labute approximate surface area is 164 Å². The molecule has 4 rings (SSSR count). The van der Waals surface area contributed by atoms with Crippen LogP contribution in [0.5, 0.6) is 0 Å². The molecule has 3 N–H and O–H groups in total. The summed E-state index contributed by atoms with van der Waals surface area (Å²) in [6, 6.07) is 6.71. The Morgan fingerprint density at radius 2 is 2.11 bits per heavy atom. The first-order chi connectivity index (χ1) is 13.3. The number of hydrogen-bond donors (Lipinski definition) is 2. The number of pyridine rings is 1. The minimum atomic E-state index is -0.957. The quantitative estimate of drug-likeness (QED) is 0.821. The van der Waals surface area contributed by atoms with Crippen LogP contribution in [0, 0.1) is 17.0 Å². The van der Waals surface area contributed by atoms with Gasteiger partial charge in [-0.3, -0.25) is 4.79 Å². The lowest BCUT2D eigenvalue weighted by Crippen LogP contribution is -2.48. The second kappa shape index (κ2) is 6.82. The fourth-order valence-corrected chi connectivity index (χ4v) is 4.60. The van der Waals surface area contributed by atoms with Gasteiger partial charge in [-0.15, -0.1) is 0 Å². The van der Waals surface area contributed by atoms with Crippen molar-refractivity contribution in [1.82, 2.24) is 4.98 Å². The number of thioether (sulfide) groups is 1. The van der Waals surface area contributed by atoms with Crippen molar-refractivity contribution in [2.75, 3.05) is 24.3 Å². The van der Waals surface area contributed by atoms with Gasteiger partial charge in [-0.2, -0.15) is 0 Å². The van der Waals surface area contributed by atoms with Crippen molar-refractivity contribution in [2.45, 2.75) is 12.5 Å². The molecule has 0 spiro atoms. The first-order valence-corrected chi connectivity index (χ1v) is 9.60. The molecule has 1 amide bonds. The largest absolute Gasteiger partial charge is 0.379 e. The van der Waals surface area contributed by atoms with Crippen molar-refractivity contribution in [3.05, 3.63) is 59.4 Å². The summed E-state index contributed by atoms with van der Waals surface area (Å²) in [5, 5.41) is 3.05. The van der Waals surface area contributed by atoms with E-state index >= 15 is 0 Å². The molecule has 2 aliphatic rings. The van der Waals surface area contributed by atoms with Gasteiger partial charge in [0.15, 0.2) is 5.17 Å². The van der Waals surface area contributed by atoms with E-state index < -0.39 is 28.5 Å². The Morgan fingerprint density at radius 3 is 2.86 bits per heavy atom. The zero-order valence-corrected chi connectivity index (χ0v) is 15.9. The molecule has 6 nitrogen and oxygen atoms in total. The normalized spacial score (nSPS) is 26.5. The summed E-state index contributed by atoms with van der Waals surface area (Å²) in [6.07, 6.45) is 0.961. The Balaban J connectivity index is 1.70. The van der Waals surface area contributed by atoms with Gasteiger partial charge in [0.1, 0.15) is 22.9 Å². The van der Waals surface area contributed by atoms with E-state index in [2.05, 4.69) is 15.3 Å². The van der Waals surface area contributed by atoms with E-state index in [0.29, 0.717) is 28.8 Å². The molecule has 28 heavy (non-hydrogen) atoms. The van der Waals surface area contributed by atoms with Gasteiger partial charge in [-0.25, -0.2) is 18.8 Å². The number of carbonyl (C=O) groups is 1. The number of halogens is 2. The number of anilines is 1. The molecule has 0 aliphatic carbocycles. The maximum atomic E-state index is 14.8. The van der Waals surface area contributed by atoms with Crippen molar-refractivity contribution in [3.8, 4) is 0 Å². The van der Waals surface area contributed by atoms with Crippen LogP contribution in [0.1, 0.15) is 23.0 Å². The van der Waals surface area contributed by atoms with Crippen LogP contribution >= 0.6 is 11.8 Å². The number of amidine groups is 1. The highest BCUT2D eigenvalue weighted by Gasteiger charge is 2.57. The third-order valence-electron chi connectivity index (χ3n) is 5.20. The van der Waals surface area contributed by atoms with Crippen LogP contribution in [-0.4, -0.2) is 35.0 Å². The van der Waals surface area contributed by atoms with Gasteiger partial charge < -0.3 is 15.8 Å².